The van der Waals surface area contributed by atoms with E-state index in [4.69, 9.17) is 0 Å². The summed E-state index contributed by atoms with van der Waals surface area (Å²) < 4.78 is 1.04. The Hall–Kier alpha value is -2.45. The number of hydrogen-bond acceptors (Lipinski definition) is 4. The number of nitrogens with one attached hydrogen (secondary N) is 1. The van der Waals surface area contributed by atoms with Crippen molar-refractivity contribution in [3.05, 3.63) is 62.5 Å². The van der Waals surface area contributed by atoms with E-state index in [0.717, 1.165) is 4.90 Å². The molecule has 0 aliphatic carbocycles. The van der Waals surface area contributed by atoms with Gasteiger partial charge in [0.05, 0.1) is 10.2 Å². The average molecular weight is 466 g/mol. The first kappa shape index (κ1) is 17.4. The highest BCUT2D eigenvalue weighted by molar-refractivity contribution is 9.11. The van der Waals surface area contributed by atoms with E-state index < -0.39 is 17.8 Å². The van der Waals surface area contributed by atoms with Crippen molar-refractivity contribution in [2.24, 2.45) is 0 Å². The summed E-state index contributed by atoms with van der Waals surface area (Å²) in [5.41, 5.74) is 0.328. The highest BCUT2D eigenvalue weighted by Gasteiger charge is 2.36. The SMILES string of the molecule is O=C1NC(=O)N(c2ccccc2)C(=O)C1=Cc1cc(Br)cc(Br)c1O. The van der Waals surface area contributed by atoms with Gasteiger partial charge in [-0.3, -0.25) is 14.9 Å². The molecule has 1 fully saturated rings. The molecule has 0 atom stereocenters. The molecule has 126 valence electrons. The number of amides is 4. The van der Waals surface area contributed by atoms with Gasteiger partial charge in [-0.25, -0.2) is 9.69 Å². The number of rotatable bonds is 2. The van der Waals surface area contributed by atoms with Crippen LogP contribution in [-0.4, -0.2) is 23.0 Å². The number of barbiturate groups is 1. The number of benzene rings is 2. The molecule has 0 radical (unpaired) electrons. The Kier molecular flexibility index (Phi) is 4.73. The topological polar surface area (TPSA) is 86.7 Å². The maximum atomic E-state index is 12.7. The second-order valence-electron chi connectivity index (χ2n) is 5.12. The zero-order valence-electron chi connectivity index (χ0n) is 12.5. The number of hydrogen-bond donors (Lipinski definition) is 2. The van der Waals surface area contributed by atoms with Gasteiger partial charge in [0.15, 0.2) is 0 Å². The van der Waals surface area contributed by atoms with Gasteiger partial charge in [0, 0.05) is 10.0 Å². The van der Waals surface area contributed by atoms with Gasteiger partial charge in [-0.15, -0.1) is 0 Å². The second-order valence-corrected chi connectivity index (χ2v) is 6.89. The minimum Gasteiger partial charge on any atom is -0.506 e. The van der Waals surface area contributed by atoms with Gasteiger partial charge in [-0.2, -0.15) is 0 Å². The molecule has 6 nitrogen and oxygen atoms in total. The second kappa shape index (κ2) is 6.81. The van der Waals surface area contributed by atoms with E-state index in [9.17, 15) is 19.5 Å². The number of para-hydroxylation sites is 1. The maximum absolute atomic E-state index is 12.7. The number of carbonyl (C=O) groups is 3. The zero-order valence-corrected chi connectivity index (χ0v) is 15.7. The smallest absolute Gasteiger partial charge is 0.335 e. The summed E-state index contributed by atoms with van der Waals surface area (Å²) in [4.78, 5) is 37.8. The number of aromatic hydroxyl groups is 1. The lowest BCUT2D eigenvalue weighted by atomic mass is 10.1. The van der Waals surface area contributed by atoms with Crippen LogP contribution in [0.5, 0.6) is 5.75 Å². The van der Waals surface area contributed by atoms with E-state index in [2.05, 4.69) is 37.2 Å². The van der Waals surface area contributed by atoms with Gasteiger partial charge in [-0.1, -0.05) is 34.1 Å². The third-order valence-electron chi connectivity index (χ3n) is 3.47. The van der Waals surface area contributed by atoms with Crippen LogP contribution in [0.2, 0.25) is 0 Å². The molecule has 3 rings (SSSR count). The Balaban J connectivity index is 2.08. The van der Waals surface area contributed by atoms with Crippen LogP contribution in [0.25, 0.3) is 6.08 Å². The van der Waals surface area contributed by atoms with Crippen molar-refractivity contribution in [2.75, 3.05) is 4.90 Å². The number of nitrogens with zero attached hydrogens (tertiary/aromatic N) is 1. The van der Waals surface area contributed by atoms with Crippen LogP contribution in [0.1, 0.15) is 5.56 Å². The van der Waals surface area contributed by atoms with Crippen LogP contribution in [0.4, 0.5) is 10.5 Å². The first-order chi connectivity index (χ1) is 11.9. The standard InChI is InChI=1S/C17H10Br2N2O4/c18-10-6-9(14(22)13(19)8-10)7-12-15(23)20-17(25)21(16(12)24)11-4-2-1-3-5-11/h1-8,22H,(H,20,23,25). The van der Waals surface area contributed by atoms with E-state index in [-0.39, 0.29) is 16.9 Å². The molecule has 25 heavy (non-hydrogen) atoms. The number of carbonyl (C=O) groups excluding carboxylic acids is 3. The molecule has 2 aromatic carbocycles. The first-order valence-corrected chi connectivity index (χ1v) is 8.61. The minimum atomic E-state index is -0.822. The summed E-state index contributed by atoms with van der Waals surface area (Å²) in [6.07, 6.45) is 1.24. The highest BCUT2D eigenvalue weighted by atomic mass is 79.9. The molecule has 4 amide bonds. The summed E-state index contributed by atoms with van der Waals surface area (Å²) >= 11 is 6.47. The highest BCUT2D eigenvalue weighted by Crippen LogP contribution is 2.33. The number of phenolic OH excluding ortho intramolecular Hbond substituents is 1. The summed E-state index contributed by atoms with van der Waals surface area (Å²) in [6.45, 7) is 0. The predicted molar refractivity (Wildman–Crippen MR) is 99.0 cm³/mol. The van der Waals surface area contributed by atoms with Crippen molar-refractivity contribution < 1.29 is 19.5 Å². The van der Waals surface area contributed by atoms with E-state index in [1.165, 1.54) is 6.08 Å². The Morgan fingerprint density at radius 3 is 2.40 bits per heavy atom. The van der Waals surface area contributed by atoms with Crippen LogP contribution in [-0.2, 0) is 9.59 Å². The molecular weight excluding hydrogens is 456 g/mol. The molecule has 2 N–H and O–H groups in total. The Bertz CT molecular complexity index is 926. The summed E-state index contributed by atoms with van der Waals surface area (Å²) in [5, 5.41) is 12.3. The third-order valence-corrected chi connectivity index (χ3v) is 4.54. The fourth-order valence-electron chi connectivity index (χ4n) is 2.32. The van der Waals surface area contributed by atoms with Crippen molar-refractivity contribution in [1.82, 2.24) is 5.32 Å². The van der Waals surface area contributed by atoms with E-state index >= 15 is 0 Å². The van der Waals surface area contributed by atoms with Crippen molar-refractivity contribution in [3.8, 4) is 5.75 Å². The Morgan fingerprint density at radius 2 is 1.72 bits per heavy atom. The van der Waals surface area contributed by atoms with Crippen molar-refractivity contribution in [2.45, 2.75) is 0 Å². The molecule has 0 aromatic heterocycles. The number of halogens is 2. The molecule has 2 aromatic rings. The lowest BCUT2D eigenvalue weighted by molar-refractivity contribution is -0.122. The van der Waals surface area contributed by atoms with Crippen LogP contribution >= 0.6 is 31.9 Å². The molecule has 1 saturated heterocycles. The van der Waals surface area contributed by atoms with Gasteiger partial charge in [0.25, 0.3) is 11.8 Å². The Labute approximate surface area is 159 Å². The summed E-state index contributed by atoms with van der Waals surface area (Å²) in [7, 11) is 0. The van der Waals surface area contributed by atoms with E-state index in [1.54, 1.807) is 42.5 Å². The number of phenols is 1. The largest absolute Gasteiger partial charge is 0.506 e. The van der Waals surface area contributed by atoms with Gasteiger partial charge >= 0.3 is 6.03 Å². The van der Waals surface area contributed by atoms with Crippen molar-refractivity contribution in [3.63, 3.8) is 0 Å². The molecule has 1 heterocycles. The number of imide groups is 2. The Morgan fingerprint density at radius 1 is 1.04 bits per heavy atom. The van der Waals surface area contributed by atoms with Crippen LogP contribution < -0.4 is 10.2 Å². The van der Waals surface area contributed by atoms with Gasteiger partial charge in [0.1, 0.15) is 11.3 Å². The van der Waals surface area contributed by atoms with Crippen LogP contribution in [0, 0.1) is 0 Å². The summed E-state index contributed by atoms with van der Waals surface area (Å²) in [6, 6.07) is 10.6. The maximum Gasteiger partial charge on any atom is 0.335 e. The van der Waals surface area contributed by atoms with Crippen molar-refractivity contribution in [1.29, 1.82) is 0 Å². The number of urea groups is 1. The first-order valence-electron chi connectivity index (χ1n) is 7.03. The third kappa shape index (κ3) is 3.35. The zero-order chi connectivity index (χ0) is 18.1. The van der Waals surface area contributed by atoms with Crippen molar-refractivity contribution >= 4 is 61.5 Å². The van der Waals surface area contributed by atoms with E-state index in [1.807, 2.05) is 0 Å². The summed E-state index contributed by atoms with van der Waals surface area (Å²) in [5.74, 6) is -1.72. The average Bonchev–Trinajstić information content (AvgIpc) is 2.56. The quantitative estimate of drug-likeness (QED) is 0.524. The van der Waals surface area contributed by atoms with Crippen LogP contribution in [0.15, 0.2) is 57.0 Å². The molecule has 0 spiro atoms. The predicted octanol–water partition coefficient (Wildman–Crippen LogP) is 3.58. The minimum absolute atomic E-state index is 0.125. The van der Waals surface area contributed by atoms with E-state index in [0.29, 0.717) is 14.6 Å². The molecule has 0 bridgehead atoms. The molecule has 1 aliphatic heterocycles. The monoisotopic (exact) mass is 464 g/mol. The fourth-order valence-corrected chi connectivity index (χ4v) is 3.58. The van der Waals surface area contributed by atoms with Gasteiger partial charge in [-0.05, 0) is 46.3 Å². The molecule has 1 aliphatic rings. The fraction of sp³-hybridized carbons (Fsp3) is 0. The molecule has 0 unspecified atom stereocenters. The molecular formula is C17H10Br2N2O4. The molecule has 0 saturated carbocycles. The van der Waals surface area contributed by atoms with Crippen LogP contribution in [0.3, 0.4) is 0 Å². The lowest BCUT2D eigenvalue weighted by Crippen LogP contribution is -2.54. The van der Waals surface area contributed by atoms with Gasteiger partial charge < -0.3 is 5.11 Å². The van der Waals surface area contributed by atoms with Gasteiger partial charge in [0.2, 0.25) is 0 Å². The molecule has 8 heteroatoms. The lowest BCUT2D eigenvalue weighted by Gasteiger charge is -2.26. The number of anilines is 1. The normalized spacial score (nSPS) is 16.3.